The van der Waals surface area contributed by atoms with Crippen LogP contribution in [0.3, 0.4) is 0 Å². The zero-order valence-electron chi connectivity index (χ0n) is 17.1. The van der Waals surface area contributed by atoms with Crippen LogP contribution in [-0.4, -0.2) is 23.8 Å². The van der Waals surface area contributed by atoms with Gasteiger partial charge in [-0.15, -0.1) is 0 Å². The van der Waals surface area contributed by atoms with E-state index >= 15 is 0 Å². The van der Waals surface area contributed by atoms with Gasteiger partial charge in [-0.2, -0.15) is 0 Å². The second-order valence-electron chi connectivity index (χ2n) is 8.32. The van der Waals surface area contributed by atoms with E-state index in [1.807, 2.05) is 18.2 Å². The van der Waals surface area contributed by atoms with Gasteiger partial charge in [0, 0.05) is 17.4 Å². The lowest BCUT2D eigenvalue weighted by atomic mass is 9.75. The van der Waals surface area contributed by atoms with E-state index in [1.165, 1.54) is 11.1 Å². The van der Waals surface area contributed by atoms with Crippen LogP contribution in [0, 0.1) is 5.92 Å². The lowest BCUT2D eigenvalue weighted by molar-refractivity contribution is -0.139. The average molecular weight is 471 g/mol. The number of benzene rings is 2. The third kappa shape index (κ3) is 4.19. The molecule has 5 heteroatoms. The summed E-state index contributed by atoms with van der Waals surface area (Å²) in [6, 6.07) is 14.5. The fourth-order valence-electron chi connectivity index (χ4n) is 4.93. The van der Waals surface area contributed by atoms with Crippen LogP contribution in [0.2, 0.25) is 0 Å². The molecule has 4 atom stereocenters. The SMILES string of the molecule is C=C(C)[C@@H]1C[C@@H]2c3ccccc3CCC[C@@H]2O[C@@H]1c1cccc(Br)c1OCC(=O)O. The van der Waals surface area contributed by atoms with Crippen molar-refractivity contribution in [1.29, 1.82) is 0 Å². The Morgan fingerprint density at radius 3 is 2.77 bits per heavy atom. The van der Waals surface area contributed by atoms with Crippen LogP contribution in [0.4, 0.5) is 0 Å². The van der Waals surface area contributed by atoms with Crippen LogP contribution in [0.25, 0.3) is 0 Å². The van der Waals surface area contributed by atoms with E-state index in [0.29, 0.717) is 11.7 Å². The van der Waals surface area contributed by atoms with Crippen LogP contribution < -0.4 is 4.74 Å². The third-order valence-electron chi connectivity index (χ3n) is 6.31. The molecule has 1 N–H and O–H groups in total. The lowest BCUT2D eigenvalue weighted by Gasteiger charge is -2.43. The number of carboxylic acid groups (broad SMARTS) is 1. The standard InChI is InChI=1S/C25H27BrO4/c1-15(2)19-13-20-17-9-4-3-7-16(17)8-5-12-22(20)30-24(19)18-10-6-11-21(26)25(18)29-14-23(27)28/h3-4,6-7,9-11,19-20,22,24H,1,5,8,12-14H2,2H3,(H,27,28)/t19-,20+,22-,24+/m0/s1. The van der Waals surface area contributed by atoms with E-state index in [9.17, 15) is 4.79 Å². The minimum Gasteiger partial charge on any atom is -0.480 e. The Hall–Kier alpha value is -2.11. The third-order valence-corrected chi connectivity index (χ3v) is 6.93. The quantitative estimate of drug-likeness (QED) is 0.539. The Bertz CT molecular complexity index is 954. The fourth-order valence-corrected chi connectivity index (χ4v) is 5.42. The number of carboxylic acids is 1. The minimum atomic E-state index is -1.00. The van der Waals surface area contributed by atoms with Crippen molar-refractivity contribution in [3.8, 4) is 5.75 Å². The van der Waals surface area contributed by atoms with Gasteiger partial charge < -0.3 is 14.6 Å². The number of hydrogen-bond donors (Lipinski definition) is 1. The maximum absolute atomic E-state index is 11.1. The normalized spacial score (nSPS) is 25.5. The average Bonchev–Trinajstić information content (AvgIpc) is 2.90. The van der Waals surface area contributed by atoms with Gasteiger partial charge in [-0.25, -0.2) is 4.79 Å². The first-order chi connectivity index (χ1) is 14.5. The summed E-state index contributed by atoms with van der Waals surface area (Å²) in [5, 5.41) is 9.10. The molecule has 0 spiro atoms. The van der Waals surface area contributed by atoms with Gasteiger partial charge in [-0.1, -0.05) is 48.6 Å². The van der Waals surface area contributed by atoms with Crippen molar-refractivity contribution in [2.24, 2.45) is 5.92 Å². The van der Waals surface area contributed by atoms with Gasteiger partial charge in [0.05, 0.1) is 16.7 Å². The van der Waals surface area contributed by atoms with Crippen molar-refractivity contribution >= 4 is 21.9 Å². The van der Waals surface area contributed by atoms with E-state index < -0.39 is 5.97 Å². The van der Waals surface area contributed by atoms with Crippen LogP contribution in [0.5, 0.6) is 5.75 Å². The maximum Gasteiger partial charge on any atom is 0.341 e. The number of rotatable bonds is 5. The molecule has 1 fully saturated rings. The summed E-state index contributed by atoms with van der Waals surface area (Å²) in [5.41, 5.74) is 4.79. The lowest BCUT2D eigenvalue weighted by Crippen LogP contribution is -2.36. The molecule has 0 unspecified atom stereocenters. The summed E-state index contributed by atoms with van der Waals surface area (Å²) in [4.78, 5) is 11.1. The summed E-state index contributed by atoms with van der Waals surface area (Å²) < 4.78 is 13.2. The first-order valence-corrected chi connectivity index (χ1v) is 11.3. The number of aliphatic carboxylic acids is 1. The minimum absolute atomic E-state index is 0.124. The number of aryl methyl sites for hydroxylation is 1. The Morgan fingerprint density at radius 2 is 2.00 bits per heavy atom. The molecule has 1 heterocycles. The monoisotopic (exact) mass is 470 g/mol. The molecule has 0 aromatic heterocycles. The molecule has 1 saturated heterocycles. The van der Waals surface area contributed by atoms with Gasteiger partial charge in [-0.3, -0.25) is 0 Å². The van der Waals surface area contributed by atoms with Crippen molar-refractivity contribution in [2.45, 2.75) is 50.7 Å². The highest BCUT2D eigenvalue weighted by molar-refractivity contribution is 9.10. The predicted octanol–water partition coefficient (Wildman–Crippen LogP) is 6.05. The highest BCUT2D eigenvalue weighted by atomic mass is 79.9. The first kappa shape index (κ1) is 21.1. The topological polar surface area (TPSA) is 55.8 Å². The number of carbonyl (C=O) groups is 1. The molecule has 0 saturated carbocycles. The van der Waals surface area contributed by atoms with Crippen molar-refractivity contribution in [3.05, 3.63) is 75.8 Å². The first-order valence-electron chi connectivity index (χ1n) is 10.5. The van der Waals surface area contributed by atoms with Crippen LogP contribution in [-0.2, 0) is 16.0 Å². The van der Waals surface area contributed by atoms with Gasteiger partial charge in [0.2, 0.25) is 0 Å². The second kappa shape index (κ2) is 8.94. The maximum atomic E-state index is 11.1. The van der Waals surface area contributed by atoms with Crippen LogP contribution in [0.15, 0.2) is 59.1 Å². The largest absolute Gasteiger partial charge is 0.480 e. The molecule has 2 aromatic carbocycles. The van der Waals surface area contributed by atoms with Crippen LogP contribution in [0.1, 0.15) is 54.9 Å². The van der Waals surface area contributed by atoms with Crippen molar-refractivity contribution in [1.82, 2.24) is 0 Å². The van der Waals surface area contributed by atoms with Gasteiger partial charge >= 0.3 is 5.97 Å². The molecule has 4 nitrogen and oxygen atoms in total. The van der Waals surface area contributed by atoms with Crippen molar-refractivity contribution in [3.63, 3.8) is 0 Å². The molecular formula is C25H27BrO4. The molecule has 0 amide bonds. The summed E-state index contributed by atoms with van der Waals surface area (Å²) in [6.45, 7) is 5.94. The summed E-state index contributed by atoms with van der Waals surface area (Å²) in [6.07, 6.45) is 4.07. The van der Waals surface area contributed by atoms with Gasteiger partial charge in [-0.05, 0) is 65.7 Å². The molecule has 0 bridgehead atoms. The number of para-hydroxylation sites is 1. The van der Waals surface area contributed by atoms with E-state index in [2.05, 4.69) is 53.7 Å². The summed E-state index contributed by atoms with van der Waals surface area (Å²) in [7, 11) is 0. The van der Waals surface area contributed by atoms with E-state index in [0.717, 1.165) is 41.3 Å². The van der Waals surface area contributed by atoms with Gasteiger partial charge in [0.1, 0.15) is 5.75 Å². The van der Waals surface area contributed by atoms with Crippen molar-refractivity contribution in [2.75, 3.05) is 6.61 Å². The van der Waals surface area contributed by atoms with Crippen molar-refractivity contribution < 1.29 is 19.4 Å². The smallest absolute Gasteiger partial charge is 0.341 e. The second-order valence-corrected chi connectivity index (χ2v) is 9.18. The van der Waals surface area contributed by atoms with Gasteiger partial charge in [0.15, 0.2) is 6.61 Å². The van der Waals surface area contributed by atoms with Crippen LogP contribution >= 0.6 is 15.9 Å². The molecule has 1 aliphatic heterocycles. The summed E-state index contributed by atoms with van der Waals surface area (Å²) in [5.74, 6) is 0.0119. The highest BCUT2D eigenvalue weighted by Gasteiger charge is 2.42. The Kier molecular flexibility index (Phi) is 6.30. The zero-order valence-corrected chi connectivity index (χ0v) is 18.7. The van der Waals surface area contributed by atoms with Gasteiger partial charge in [0.25, 0.3) is 0 Å². The predicted molar refractivity (Wildman–Crippen MR) is 120 cm³/mol. The molecule has 2 aliphatic rings. The van der Waals surface area contributed by atoms with E-state index in [-0.39, 0.29) is 24.7 Å². The molecule has 1 aliphatic carbocycles. The Balaban J connectivity index is 1.71. The molecule has 2 aromatic rings. The molecular weight excluding hydrogens is 444 g/mol. The number of halogens is 1. The number of hydrogen-bond acceptors (Lipinski definition) is 3. The zero-order chi connectivity index (χ0) is 21.3. The van der Waals surface area contributed by atoms with E-state index in [4.69, 9.17) is 14.6 Å². The Morgan fingerprint density at radius 1 is 1.23 bits per heavy atom. The number of fused-ring (bicyclic) bond motifs is 3. The summed E-state index contributed by atoms with van der Waals surface area (Å²) >= 11 is 3.53. The van der Waals surface area contributed by atoms with E-state index in [1.54, 1.807) is 0 Å². The number of ether oxygens (including phenoxy) is 2. The molecule has 30 heavy (non-hydrogen) atoms. The Labute approximate surface area is 186 Å². The molecule has 158 valence electrons. The molecule has 4 rings (SSSR count). The highest BCUT2D eigenvalue weighted by Crippen LogP contribution is 2.51. The molecule has 0 radical (unpaired) electrons. The fraction of sp³-hybridized carbons (Fsp3) is 0.400.